The van der Waals surface area contributed by atoms with Crippen molar-refractivity contribution in [1.29, 1.82) is 0 Å². The molecule has 0 aliphatic rings. The zero-order valence-corrected chi connectivity index (χ0v) is 12.3. The Bertz CT molecular complexity index is 189. The second kappa shape index (κ2) is 10.6. The largest absolute Gasteiger partial charge is 0.346 e. The number of hydrogen-bond donors (Lipinski definition) is 0. The Morgan fingerprint density at radius 2 is 1.65 bits per heavy atom. The monoisotopic (exact) mass is 241 g/mol. The van der Waals surface area contributed by atoms with Crippen molar-refractivity contribution in [3.05, 3.63) is 0 Å². The lowest BCUT2D eigenvalue weighted by molar-refractivity contribution is -0.130. The van der Waals surface area contributed by atoms with Crippen molar-refractivity contribution in [2.24, 2.45) is 5.92 Å². The van der Waals surface area contributed by atoms with Crippen LogP contribution in [0.4, 0.5) is 0 Å². The number of nitrogens with zero attached hydrogens (tertiary/aromatic N) is 1. The Morgan fingerprint density at radius 1 is 1.06 bits per heavy atom. The molecule has 0 aliphatic carbocycles. The Hall–Kier alpha value is -0.530. The molecule has 0 bridgehead atoms. The quantitative estimate of drug-likeness (QED) is 0.524. The minimum Gasteiger partial charge on any atom is -0.346 e. The second-order valence-corrected chi connectivity index (χ2v) is 5.52. The molecule has 0 heterocycles. The van der Waals surface area contributed by atoms with Crippen LogP contribution in [0, 0.1) is 5.92 Å². The molecule has 0 aromatic rings. The smallest absolute Gasteiger partial charge is 0.222 e. The first-order valence-electron chi connectivity index (χ1n) is 7.31. The van der Waals surface area contributed by atoms with E-state index in [2.05, 4.69) is 20.8 Å². The maximum absolute atomic E-state index is 11.8. The number of rotatable bonds is 10. The lowest BCUT2D eigenvalue weighted by Crippen LogP contribution is -2.28. The van der Waals surface area contributed by atoms with Gasteiger partial charge < -0.3 is 4.90 Å². The normalized spacial score (nSPS) is 10.9. The van der Waals surface area contributed by atoms with Gasteiger partial charge in [-0.25, -0.2) is 0 Å². The molecule has 0 rings (SSSR count). The fourth-order valence-corrected chi connectivity index (χ4v) is 1.82. The van der Waals surface area contributed by atoms with Gasteiger partial charge in [0, 0.05) is 20.0 Å². The van der Waals surface area contributed by atoms with E-state index >= 15 is 0 Å². The minimum atomic E-state index is 0.321. The van der Waals surface area contributed by atoms with Crippen LogP contribution in [-0.4, -0.2) is 24.4 Å². The maximum atomic E-state index is 11.8. The summed E-state index contributed by atoms with van der Waals surface area (Å²) in [7, 11) is 1.93. The van der Waals surface area contributed by atoms with E-state index in [1.807, 2.05) is 11.9 Å². The summed E-state index contributed by atoms with van der Waals surface area (Å²) in [6.07, 6.45) is 9.36. The molecule has 2 nitrogen and oxygen atoms in total. The number of unbranched alkanes of at least 4 members (excludes halogenated alkanes) is 5. The van der Waals surface area contributed by atoms with Crippen molar-refractivity contribution < 1.29 is 4.79 Å². The van der Waals surface area contributed by atoms with E-state index in [9.17, 15) is 4.79 Å². The lowest BCUT2D eigenvalue weighted by atomic mass is 10.1. The summed E-state index contributed by atoms with van der Waals surface area (Å²) in [4.78, 5) is 13.7. The van der Waals surface area contributed by atoms with Gasteiger partial charge in [-0.1, -0.05) is 52.9 Å². The van der Waals surface area contributed by atoms with E-state index in [4.69, 9.17) is 0 Å². The molecule has 1 amide bonds. The molecule has 102 valence electrons. The second-order valence-electron chi connectivity index (χ2n) is 5.52. The molecule has 17 heavy (non-hydrogen) atoms. The van der Waals surface area contributed by atoms with Gasteiger partial charge in [-0.05, 0) is 18.8 Å². The molecule has 0 saturated heterocycles. The first-order valence-corrected chi connectivity index (χ1v) is 7.31. The summed E-state index contributed by atoms with van der Waals surface area (Å²) in [6.45, 7) is 7.54. The number of hydrogen-bond acceptors (Lipinski definition) is 1. The van der Waals surface area contributed by atoms with Crippen molar-refractivity contribution in [2.75, 3.05) is 13.6 Å². The molecule has 2 heteroatoms. The van der Waals surface area contributed by atoms with E-state index in [1.165, 1.54) is 32.1 Å². The Morgan fingerprint density at radius 3 is 2.24 bits per heavy atom. The summed E-state index contributed by atoms with van der Waals surface area (Å²) in [5.74, 6) is 1.00. The molecule has 0 saturated carbocycles. The first kappa shape index (κ1) is 16.5. The van der Waals surface area contributed by atoms with Gasteiger partial charge in [0.2, 0.25) is 5.91 Å². The highest BCUT2D eigenvalue weighted by Crippen LogP contribution is 2.08. The third kappa shape index (κ3) is 10.3. The van der Waals surface area contributed by atoms with Gasteiger partial charge in [0.15, 0.2) is 0 Å². The zero-order chi connectivity index (χ0) is 13.1. The average molecular weight is 241 g/mol. The molecule has 0 fully saturated rings. The molecule has 0 radical (unpaired) electrons. The van der Waals surface area contributed by atoms with E-state index < -0.39 is 0 Å². The molecule has 0 atom stereocenters. The van der Waals surface area contributed by atoms with Crippen LogP contribution in [0.25, 0.3) is 0 Å². The van der Waals surface area contributed by atoms with Crippen LogP contribution in [0.5, 0.6) is 0 Å². The van der Waals surface area contributed by atoms with E-state index in [0.29, 0.717) is 11.8 Å². The molecular weight excluding hydrogens is 210 g/mol. The predicted molar refractivity (Wildman–Crippen MR) is 75.1 cm³/mol. The number of carbonyl (C=O) groups is 1. The van der Waals surface area contributed by atoms with Crippen molar-refractivity contribution in [3.63, 3.8) is 0 Å². The van der Waals surface area contributed by atoms with Crippen molar-refractivity contribution >= 4 is 5.91 Å². The van der Waals surface area contributed by atoms with Crippen LogP contribution in [0.15, 0.2) is 0 Å². The van der Waals surface area contributed by atoms with Crippen LogP contribution in [0.1, 0.15) is 72.1 Å². The Kier molecular flexibility index (Phi) is 10.3. The van der Waals surface area contributed by atoms with Crippen LogP contribution in [0.2, 0.25) is 0 Å². The summed E-state index contributed by atoms with van der Waals surface area (Å²) < 4.78 is 0. The van der Waals surface area contributed by atoms with Crippen molar-refractivity contribution in [2.45, 2.75) is 72.1 Å². The standard InChI is InChI=1S/C15H31NO/c1-5-6-7-8-9-10-11-15(17)16(4)13-12-14(2)3/h14H,5-13H2,1-4H3. The summed E-state index contributed by atoms with van der Waals surface area (Å²) in [5, 5.41) is 0. The molecule has 0 aliphatic heterocycles. The minimum absolute atomic E-state index is 0.321. The lowest BCUT2D eigenvalue weighted by Gasteiger charge is -2.18. The molecule has 0 aromatic carbocycles. The van der Waals surface area contributed by atoms with Crippen LogP contribution in [-0.2, 0) is 4.79 Å². The Balaban J connectivity index is 3.44. The topological polar surface area (TPSA) is 20.3 Å². The maximum Gasteiger partial charge on any atom is 0.222 e. The highest BCUT2D eigenvalue weighted by atomic mass is 16.2. The van der Waals surface area contributed by atoms with Crippen LogP contribution < -0.4 is 0 Å². The van der Waals surface area contributed by atoms with E-state index in [-0.39, 0.29) is 0 Å². The third-order valence-electron chi connectivity index (χ3n) is 3.21. The van der Waals surface area contributed by atoms with E-state index in [0.717, 1.165) is 25.8 Å². The van der Waals surface area contributed by atoms with Crippen molar-refractivity contribution in [1.82, 2.24) is 4.90 Å². The first-order chi connectivity index (χ1) is 8.07. The van der Waals surface area contributed by atoms with Gasteiger partial charge in [-0.15, -0.1) is 0 Å². The molecule has 0 spiro atoms. The van der Waals surface area contributed by atoms with Gasteiger partial charge in [0.05, 0.1) is 0 Å². The van der Waals surface area contributed by atoms with Gasteiger partial charge in [-0.3, -0.25) is 4.79 Å². The zero-order valence-electron chi connectivity index (χ0n) is 12.3. The number of carbonyl (C=O) groups excluding carboxylic acids is 1. The van der Waals surface area contributed by atoms with E-state index in [1.54, 1.807) is 0 Å². The average Bonchev–Trinajstić information content (AvgIpc) is 2.30. The summed E-state index contributed by atoms with van der Waals surface area (Å²) >= 11 is 0. The summed E-state index contributed by atoms with van der Waals surface area (Å²) in [5.41, 5.74) is 0. The fraction of sp³-hybridized carbons (Fsp3) is 0.933. The number of amides is 1. The predicted octanol–water partition coefficient (Wildman–Crippen LogP) is 4.24. The SMILES string of the molecule is CCCCCCCCC(=O)N(C)CCC(C)C. The third-order valence-corrected chi connectivity index (χ3v) is 3.21. The molecule has 0 N–H and O–H groups in total. The van der Waals surface area contributed by atoms with Gasteiger partial charge in [0.1, 0.15) is 0 Å². The highest BCUT2D eigenvalue weighted by Gasteiger charge is 2.08. The molecule has 0 aromatic heterocycles. The van der Waals surface area contributed by atoms with Gasteiger partial charge in [-0.2, -0.15) is 0 Å². The van der Waals surface area contributed by atoms with Crippen molar-refractivity contribution in [3.8, 4) is 0 Å². The summed E-state index contributed by atoms with van der Waals surface area (Å²) in [6, 6.07) is 0. The molecular formula is C15H31NO. The Labute approximate surface area is 108 Å². The van der Waals surface area contributed by atoms with Gasteiger partial charge in [0.25, 0.3) is 0 Å². The van der Waals surface area contributed by atoms with Crippen LogP contribution >= 0.6 is 0 Å². The van der Waals surface area contributed by atoms with Gasteiger partial charge >= 0.3 is 0 Å². The molecule has 0 unspecified atom stereocenters. The highest BCUT2D eigenvalue weighted by molar-refractivity contribution is 5.75. The van der Waals surface area contributed by atoms with Crippen LogP contribution in [0.3, 0.4) is 0 Å². The fourth-order valence-electron chi connectivity index (χ4n) is 1.82.